The fourth-order valence-electron chi connectivity index (χ4n) is 2.74. The fourth-order valence-corrected chi connectivity index (χ4v) is 5.96. The zero-order valence-corrected chi connectivity index (χ0v) is 29.1. The fraction of sp³-hybridized carbons (Fsp3) is 1.00. The Morgan fingerprint density at radius 1 is 0.282 bits per heavy atom. The van der Waals surface area contributed by atoms with Gasteiger partial charge in [0.2, 0.25) is 0 Å². The predicted molar refractivity (Wildman–Crippen MR) is 92.1 cm³/mol. The molecule has 0 radical (unpaired) electrons. The summed E-state index contributed by atoms with van der Waals surface area (Å²) in [5.74, 6) is 0. The smallest absolute Gasteiger partial charge is 0.790 e. The quantitative estimate of drug-likeness (QED) is 0.130. The average Bonchev–Trinajstić information content (AvgIpc) is 2.51. The normalized spacial score (nSPS) is 27.1. The van der Waals surface area contributed by atoms with Gasteiger partial charge in [0.25, 0.3) is 0 Å². The van der Waals surface area contributed by atoms with E-state index in [-0.39, 0.29) is 52.8 Å². The zero-order chi connectivity index (χ0) is 28.7. The molecule has 1 aliphatic carbocycles. The summed E-state index contributed by atoms with van der Waals surface area (Å²) in [5.41, 5.74) is 0. The molecule has 0 heterocycles. The van der Waals surface area contributed by atoms with Crippen molar-refractivity contribution in [2.24, 2.45) is 0 Å². The molecule has 1 rings (SSSR count). The van der Waals surface area contributed by atoms with E-state index in [2.05, 4.69) is 27.1 Å². The zero-order valence-electron chi connectivity index (χ0n) is 17.4. The summed E-state index contributed by atoms with van der Waals surface area (Å²) >= 11 is 0. The van der Waals surface area contributed by atoms with Crippen LogP contribution in [0, 0.1) is 0 Å². The molecule has 216 valence electrons. The van der Waals surface area contributed by atoms with Crippen LogP contribution in [-0.2, 0) is 54.5 Å². The number of hydrogen-bond acceptors (Lipinski definition) is 24. The third kappa shape index (κ3) is 18.6. The van der Waals surface area contributed by atoms with Gasteiger partial charge in [-0.15, -0.1) is 0 Å². The Hall–Kier alpha value is 2.29. The van der Waals surface area contributed by atoms with Crippen molar-refractivity contribution in [1.82, 2.24) is 0 Å². The summed E-state index contributed by atoms with van der Waals surface area (Å²) in [5, 5.41) is 0. The van der Waals surface area contributed by atoms with Crippen molar-refractivity contribution < 1.29 is 113 Å². The van der Waals surface area contributed by atoms with Gasteiger partial charge in [0.05, 0.1) is 46.9 Å². The molecule has 1 fully saturated rings. The van der Waals surface area contributed by atoms with Gasteiger partial charge in [0.1, 0.15) is 36.6 Å². The first-order valence-electron chi connectivity index (χ1n) is 7.80. The number of phosphoric acid groups is 6. The van der Waals surface area contributed by atoms with Crippen molar-refractivity contribution in [2.45, 2.75) is 36.6 Å². The third-order valence-corrected chi connectivity index (χ3v) is 6.46. The van der Waals surface area contributed by atoms with Gasteiger partial charge in [-0.1, -0.05) is 0 Å². The van der Waals surface area contributed by atoms with Crippen LogP contribution in [0.3, 0.4) is 0 Å². The second kappa shape index (κ2) is 16.0. The molecule has 0 aromatic rings. The molecule has 0 aromatic carbocycles. The van der Waals surface area contributed by atoms with Gasteiger partial charge in [-0.2, -0.15) is 0 Å². The van der Waals surface area contributed by atoms with Crippen molar-refractivity contribution in [2.75, 3.05) is 0 Å². The summed E-state index contributed by atoms with van der Waals surface area (Å²) in [4.78, 5) is 133. The first kappa shape index (κ1) is 45.7. The number of rotatable bonds is 12. The van der Waals surface area contributed by atoms with Crippen LogP contribution in [0.25, 0.3) is 0 Å². The van der Waals surface area contributed by atoms with Crippen LogP contribution < -0.4 is 58.7 Å². The monoisotopic (exact) mass is 870 g/mol. The molecule has 24 nitrogen and oxygen atoms in total. The van der Waals surface area contributed by atoms with E-state index < -0.39 is 83.6 Å². The molecule has 0 spiro atoms. The van der Waals surface area contributed by atoms with Gasteiger partial charge in [0.15, 0.2) is 0 Å². The summed E-state index contributed by atoms with van der Waals surface area (Å²) in [6, 6.07) is 0. The number of phosphoric ester groups is 6. The maximum Gasteiger partial charge on any atom is 4.00 e. The molecule has 0 bridgehead atoms. The minimum Gasteiger partial charge on any atom is -0.790 e. The Balaban J connectivity index is -0.00000432. The van der Waals surface area contributed by atoms with Gasteiger partial charge in [-0.3, -0.25) is 0 Å². The average molecular weight is 866 g/mol. The van der Waals surface area contributed by atoms with Crippen LogP contribution in [-0.4, -0.2) is 89.4 Å². The van der Waals surface area contributed by atoms with E-state index in [1.807, 2.05) is 0 Å². The van der Waals surface area contributed by atoms with Gasteiger partial charge >= 0.3 is 52.8 Å². The van der Waals surface area contributed by atoms with Crippen molar-refractivity contribution in [1.29, 1.82) is 0 Å². The Morgan fingerprint density at radius 2 is 0.359 bits per heavy atom. The molecule has 1 aliphatic rings. The Kier molecular flexibility index (Phi) is 18.8. The summed E-state index contributed by atoms with van der Waals surface area (Å²) in [7, 11) is -40.1. The second-order valence-electron chi connectivity index (χ2n) is 6.10. The maximum absolute atomic E-state index is 11.1. The van der Waals surface area contributed by atoms with E-state index in [1.165, 1.54) is 0 Å². The summed E-state index contributed by atoms with van der Waals surface area (Å²) < 4.78 is 88.3. The van der Waals surface area contributed by atoms with Crippen LogP contribution in [0.15, 0.2) is 0 Å². The van der Waals surface area contributed by atoms with Crippen molar-refractivity contribution in [3.8, 4) is 0 Å². The van der Waals surface area contributed by atoms with E-state index in [9.17, 15) is 86.1 Å². The molecule has 39 heavy (non-hydrogen) atoms. The van der Waals surface area contributed by atoms with E-state index in [0.29, 0.717) is 0 Å². The molecular formula is C6H6Ge3O24P6. The second-order valence-corrected chi connectivity index (χ2v) is 12.7. The first-order chi connectivity index (χ1) is 15.6. The Labute approximate surface area is 248 Å². The molecule has 0 saturated heterocycles. The van der Waals surface area contributed by atoms with E-state index in [1.54, 1.807) is 0 Å². The van der Waals surface area contributed by atoms with E-state index in [0.717, 1.165) is 0 Å². The summed E-state index contributed by atoms with van der Waals surface area (Å²) in [6.07, 6.45) is -21.5. The topological polar surface area (TPSA) is 435 Å². The molecule has 0 N–H and O–H groups in total. The van der Waals surface area contributed by atoms with Gasteiger partial charge < -0.3 is 113 Å². The van der Waals surface area contributed by atoms with Crippen LogP contribution in [0.1, 0.15) is 0 Å². The Bertz CT molecular complexity index is 833. The van der Waals surface area contributed by atoms with Gasteiger partial charge in [-0.25, -0.2) is 0 Å². The molecule has 0 unspecified atom stereocenters. The molecular weight excluding hydrogens is 860 g/mol. The van der Waals surface area contributed by atoms with Crippen molar-refractivity contribution >= 4 is 99.7 Å². The molecule has 0 amide bonds. The van der Waals surface area contributed by atoms with Crippen LogP contribution in [0.4, 0.5) is 0 Å². The third-order valence-electron chi connectivity index (χ3n) is 3.45. The predicted octanol–water partition coefficient (Wildman–Crippen LogP) is -11.9. The molecule has 33 heteroatoms. The molecule has 0 atom stereocenters. The number of hydrogen-bond donors (Lipinski definition) is 0. The molecule has 0 aromatic heterocycles. The SMILES string of the molecule is O=P([O-])([O-])OC1C(OP(=O)([O-])[O-])C(OP(=O)([O-])[O-])C(OP(=O)([O-])[O-])C(OP(=O)([O-])[O-])C1OP(=O)([O-])[O-].[Ge+4].[Ge+4].[Ge+4]. The Morgan fingerprint density at radius 3 is 0.410 bits per heavy atom. The summed E-state index contributed by atoms with van der Waals surface area (Å²) in [6.45, 7) is 0. The maximum atomic E-state index is 11.1. The standard InChI is InChI=1S/C6H18O24P6.3Ge/c7-31(8,9)25-1-2(26-32(10,11)12)4(28-34(16,17)18)6(30-36(22,23)24)5(29-35(19,20)21)3(1)27-33(13,14)15;;;/h1-6H,(H2,7,8,9)(H2,10,11,12)(H2,13,14,15)(H2,16,17,18)(H2,19,20,21)(H2,22,23,24);;;/q;3*+4/p-12. The van der Waals surface area contributed by atoms with E-state index >= 15 is 0 Å². The first-order valence-corrected chi connectivity index (χ1v) is 16.6. The van der Waals surface area contributed by atoms with E-state index in [4.69, 9.17) is 0 Å². The van der Waals surface area contributed by atoms with Crippen LogP contribution >= 0.6 is 46.9 Å². The molecule has 1 saturated carbocycles. The van der Waals surface area contributed by atoms with Gasteiger partial charge in [0, 0.05) is 0 Å². The van der Waals surface area contributed by atoms with Crippen LogP contribution in [0.5, 0.6) is 0 Å². The minimum atomic E-state index is -6.68. The molecule has 0 aliphatic heterocycles. The van der Waals surface area contributed by atoms with Crippen LogP contribution in [0.2, 0.25) is 0 Å². The van der Waals surface area contributed by atoms with Crippen molar-refractivity contribution in [3.05, 3.63) is 0 Å². The minimum absolute atomic E-state index is 0. The van der Waals surface area contributed by atoms with Crippen molar-refractivity contribution in [3.63, 3.8) is 0 Å². The van der Waals surface area contributed by atoms with Gasteiger partial charge in [-0.05, 0) is 0 Å². The largest absolute Gasteiger partial charge is 4.00 e.